The molecule has 0 radical (unpaired) electrons. The summed E-state index contributed by atoms with van der Waals surface area (Å²) in [6.07, 6.45) is -0.690. The first-order valence-corrected chi connectivity index (χ1v) is 9.31. The molecule has 1 aromatic rings. The lowest BCUT2D eigenvalue weighted by Crippen LogP contribution is -2.59. The van der Waals surface area contributed by atoms with Crippen LogP contribution in [-0.2, 0) is 14.3 Å². The quantitative estimate of drug-likeness (QED) is 0.750. The predicted molar refractivity (Wildman–Crippen MR) is 101 cm³/mol. The Bertz CT molecular complexity index is 713. The predicted octanol–water partition coefficient (Wildman–Crippen LogP) is 2.52. The summed E-state index contributed by atoms with van der Waals surface area (Å²) >= 11 is 1.49. The number of nitrogens with one attached hydrogen (secondary N) is 3. The Morgan fingerprint density at radius 3 is 2.50 bits per heavy atom. The number of para-hydroxylation sites is 1. The van der Waals surface area contributed by atoms with E-state index in [-0.39, 0.29) is 5.91 Å². The van der Waals surface area contributed by atoms with Crippen LogP contribution in [0.25, 0.3) is 0 Å². The van der Waals surface area contributed by atoms with Crippen LogP contribution in [0.1, 0.15) is 34.6 Å². The van der Waals surface area contributed by atoms with E-state index < -0.39 is 29.2 Å². The zero-order valence-corrected chi connectivity index (χ0v) is 16.5. The van der Waals surface area contributed by atoms with Gasteiger partial charge in [0.2, 0.25) is 11.8 Å². The van der Waals surface area contributed by atoms with Crippen LogP contribution in [0.3, 0.4) is 0 Å². The van der Waals surface area contributed by atoms with Crippen molar-refractivity contribution in [1.82, 2.24) is 10.6 Å². The minimum atomic E-state index is -1.23. The summed E-state index contributed by atoms with van der Waals surface area (Å²) in [5, 5.41) is 8.06. The third-order valence-corrected chi connectivity index (χ3v) is 4.72. The number of ether oxygens (including phenoxy) is 1. The minimum absolute atomic E-state index is 0.288. The van der Waals surface area contributed by atoms with Gasteiger partial charge in [0.05, 0.1) is 5.69 Å². The Morgan fingerprint density at radius 2 is 1.85 bits per heavy atom. The van der Waals surface area contributed by atoms with Gasteiger partial charge < -0.3 is 20.7 Å². The molecule has 8 heteroatoms. The molecule has 1 heterocycles. The van der Waals surface area contributed by atoms with Gasteiger partial charge in [0.1, 0.15) is 17.2 Å². The molecule has 0 unspecified atom stereocenters. The van der Waals surface area contributed by atoms with Crippen molar-refractivity contribution in [1.29, 1.82) is 0 Å². The van der Waals surface area contributed by atoms with E-state index >= 15 is 0 Å². The third kappa shape index (κ3) is 5.39. The second kappa shape index (κ2) is 7.57. The lowest BCUT2D eigenvalue weighted by molar-refractivity contribution is -0.130. The number of anilines is 1. The van der Waals surface area contributed by atoms with Gasteiger partial charge in [-0.15, -0.1) is 11.8 Å². The Kier molecular flexibility index (Phi) is 5.85. The lowest BCUT2D eigenvalue weighted by Gasteiger charge is -2.29. The van der Waals surface area contributed by atoms with Crippen molar-refractivity contribution in [2.45, 2.75) is 56.7 Å². The Morgan fingerprint density at radius 1 is 1.19 bits per heavy atom. The van der Waals surface area contributed by atoms with Gasteiger partial charge in [-0.2, -0.15) is 0 Å². The number of hydrogen-bond donors (Lipinski definition) is 3. The summed E-state index contributed by atoms with van der Waals surface area (Å²) in [6.45, 7) is 8.34. The first-order valence-electron chi connectivity index (χ1n) is 8.33. The highest BCUT2D eigenvalue weighted by molar-refractivity contribution is 7.99. The molecule has 142 valence electrons. The van der Waals surface area contributed by atoms with Gasteiger partial charge in [0, 0.05) is 10.6 Å². The molecule has 0 saturated heterocycles. The van der Waals surface area contributed by atoms with E-state index in [9.17, 15) is 14.4 Å². The Balaban J connectivity index is 2.00. The van der Waals surface area contributed by atoms with E-state index in [1.165, 1.54) is 11.8 Å². The number of fused-ring (bicyclic) bond motifs is 1. The first kappa shape index (κ1) is 20.1. The SMILES string of the molecule is CC(C)(C)OC(=O)NC(C)(C)C(=O)N[C@@H]1CSc2ccccc2NC1=O. The summed E-state index contributed by atoms with van der Waals surface area (Å²) in [4.78, 5) is 37.9. The molecule has 2 rings (SSSR count). The molecule has 1 atom stereocenters. The molecule has 7 nitrogen and oxygen atoms in total. The second-order valence-electron chi connectivity index (χ2n) is 7.57. The molecular weight excluding hydrogens is 354 g/mol. The zero-order valence-electron chi connectivity index (χ0n) is 15.6. The largest absolute Gasteiger partial charge is 0.444 e. The van der Waals surface area contributed by atoms with E-state index in [1.807, 2.05) is 24.3 Å². The number of alkyl carbamates (subject to hydrolysis) is 1. The average molecular weight is 379 g/mol. The summed E-state index contributed by atoms with van der Waals surface area (Å²) in [7, 11) is 0. The highest BCUT2D eigenvalue weighted by atomic mass is 32.2. The topological polar surface area (TPSA) is 96.5 Å². The molecule has 0 aliphatic carbocycles. The van der Waals surface area contributed by atoms with Crippen molar-refractivity contribution < 1.29 is 19.1 Å². The van der Waals surface area contributed by atoms with Gasteiger partial charge >= 0.3 is 6.09 Å². The number of carbonyl (C=O) groups excluding carboxylic acids is 3. The summed E-state index contributed by atoms with van der Waals surface area (Å²) in [5.41, 5.74) is -1.17. The van der Waals surface area contributed by atoms with Crippen LogP contribution in [0.2, 0.25) is 0 Å². The smallest absolute Gasteiger partial charge is 0.408 e. The number of hydrogen-bond acceptors (Lipinski definition) is 5. The van der Waals surface area contributed by atoms with Crippen molar-refractivity contribution in [3.05, 3.63) is 24.3 Å². The summed E-state index contributed by atoms with van der Waals surface area (Å²) in [6, 6.07) is 6.76. The van der Waals surface area contributed by atoms with Crippen LogP contribution in [0.5, 0.6) is 0 Å². The fraction of sp³-hybridized carbons (Fsp3) is 0.500. The molecule has 1 aromatic carbocycles. The van der Waals surface area contributed by atoms with Crippen LogP contribution in [0, 0.1) is 0 Å². The van der Waals surface area contributed by atoms with Crippen molar-refractivity contribution in [2.75, 3.05) is 11.1 Å². The molecule has 3 amide bonds. The van der Waals surface area contributed by atoms with Gasteiger partial charge in [-0.25, -0.2) is 4.79 Å². The van der Waals surface area contributed by atoms with Crippen molar-refractivity contribution >= 4 is 35.4 Å². The molecule has 1 aliphatic heterocycles. The second-order valence-corrected chi connectivity index (χ2v) is 8.64. The van der Waals surface area contributed by atoms with Gasteiger partial charge in [-0.3, -0.25) is 9.59 Å². The zero-order chi connectivity index (χ0) is 19.5. The maximum Gasteiger partial charge on any atom is 0.408 e. The number of thioether (sulfide) groups is 1. The van der Waals surface area contributed by atoms with E-state index in [2.05, 4.69) is 16.0 Å². The van der Waals surface area contributed by atoms with Crippen molar-refractivity contribution in [3.8, 4) is 0 Å². The van der Waals surface area contributed by atoms with Gasteiger partial charge in [0.15, 0.2) is 0 Å². The standard InChI is InChI=1S/C18H25N3O4S/c1-17(2,3)25-16(24)21-18(4,5)15(23)20-12-10-26-13-9-7-6-8-11(13)19-14(12)22/h6-9,12H,10H2,1-5H3,(H,19,22)(H,20,23)(H,21,24)/t12-/m1/s1. The van der Waals surface area contributed by atoms with Gasteiger partial charge in [0.25, 0.3) is 0 Å². The highest BCUT2D eigenvalue weighted by Crippen LogP contribution is 2.30. The maximum absolute atomic E-state index is 12.6. The number of benzene rings is 1. The normalized spacial score (nSPS) is 17.4. The fourth-order valence-electron chi connectivity index (χ4n) is 2.23. The first-order chi connectivity index (χ1) is 12.0. The summed E-state index contributed by atoms with van der Waals surface area (Å²) < 4.78 is 5.18. The Hall–Kier alpha value is -2.22. The van der Waals surface area contributed by atoms with E-state index in [1.54, 1.807) is 34.6 Å². The lowest BCUT2D eigenvalue weighted by atomic mass is 10.0. The average Bonchev–Trinajstić information content (AvgIpc) is 2.64. The molecule has 0 aromatic heterocycles. The minimum Gasteiger partial charge on any atom is -0.444 e. The van der Waals surface area contributed by atoms with Crippen molar-refractivity contribution in [2.24, 2.45) is 0 Å². The molecule has 0 spiro atoms. The molecule has 0 bridgehead atoms. The van der Waals surface area contributed by atoms with Crippen LogP contribution in [0.15, 0.2) is 29.2 Å². The number of amides is 3. The highest BCUT2D eigenvalue weighted by Gasteiger charge is 2.35. The van der Waals surface area contributed by atoms with Crippen LogP contribution >= 0.6 is 11.8 Å². The molecule has 26 heavy (non-hydrogen) atoms. The molecule has 1 aliphatic rings. The molecule has 3 N–H and O–H groups in total. The third-order valence-electron chi connectivity index (χ3n) is 3.55. The monoisotopic (exact) mass is 379 g/mol. The molecular formula is C18H25N3O4S. The van der Waals surface area contributed by atoms with Crippen molar-refractivity contribution in [3.63, 3.8) is 0 Å². The van der Waals surface area contributed by atoms with E-state index in [4.69, 9.17) is 4.74 Å². The van der Waals surface area contributed by atoms with E-state index in [0.29, 0.717) is 5.75 Å². The molecule has 0 fully saturated rings. The number of rotatable bonds is 3. The molecule has 0 saturated carbocycles. The van der Waals surface area contributed by atoms with Gasteiger partial charge in [-0.1, -0.05) is 12.1 Å². The van der Waals surface area contributed by atoms with E-state index in [0.717, 1.165) is 10.6 Å². The summed E-state index contributed by atoms with van der Waals surface area (Å²) in [5.74, 6) is -0.351. The van der Waals surface area contributed by atoms with Gasteiger partial charge in [-0.05, 0) is 46.8 Å². The van der Waals surface area contributed by atoms with Crippen LogP contribution < -0.4 is 16.0 Å². The maximum atomic E-state index is 12.6. The van der Waals surface area contributed by atoms with Crippen LogP contribution in [-0.4, -0.2) is 40.8 Å². The number of carbonyl (C=O) groups is 3. The van der Waals surface area contributed by atoms with Crippen LogP contribution in [0.4, 0.5) is 10.5 Å². The fourth-order valence-corrected chi connectivity index (χ4v) is 3.26. The Labute approximate surface area is 157 Å².